The van der Waals surface area contributed by atoms with Gasteiger partial charge in [-0.05, 0) is 42.8 Å². The number of hydrogen-bond acceptors (Lipinski definition) is 6. The molecule has 2 heterocycles. The van der Waals surface area contributed by atoms with E-state index in [0.717, 1.165) is 11.1 Å². The Morgan fingerprint density at radius 1 is 0.947 bits per heavy atom. The first-order chi connectivity index (χ1) is 18.4. The van der Waals surface area contributed by atoms with Gasteiger partial charge in [0.1, 0.15) is 11.3 Å². The van der Waals surface area contributed by atoms with E-state index in [1.165, 1.54) is 18.0 Å². The van der Waals surface area contributed by atoms with Gasteiger partial charge < -0.3 is 15.1 Å². The SMILES string of the molecule is Cc1cccc(CSc2ncc(Cl)c(C(=O)Nc3c(C(=O)Nc4cccc(Cl)c4)oc4ccccc34)n2)c1. The van der Waals surface area contributed by atoms with E-state index in [9.17, 15) is 9.59 Å². The summed E-state index contributed by atoms with van der Waals surface area (Å²) in [7, 11) is 0. The Morgan fingerprint density at radius 3 is 2.58 bits per heavy atom. The summed E-state index contributed by atoms with van der Waals surface area (Å²) in [6.07, 6.45) is 1.39. The van der Waals surface area contributed by atoms with Crippen LogP contribution in [0, 0.1) is 6.92 Å². The maximum absolute atomic E-state index is 13.3. The van der Waals surface area contributed by atoms with E-state index < -0.39 is 11.8 Å². The number of nitrogens with zero attached hydrogens (tertiary/aromatic N) is 2. The van der Waals surface area contributed by atoms with Crippen molar-refractivity contribution in [3.05, 3.63) is 112 Å². The molecule has 190 valence electrons. The number of anilines is 2. The highest BCUT2D eigenvalue weighted by atomic mass is 35.5. The fourth-order valence-electron chi connectivity index (χ4n) is 3.79. The highest BCUT2D eigenvalue weighted by Gasteiger charge is 2.24. The van der Waals surface area contributed by atoms with Crippen molar-refractivity contribution >= 4 is 69.1 Å². The van der Waals surface area contributed by atoms with Crippen molar-refractivity contribution < 1.29 is 14.0 Å². The number of amides is 2. The molecule has 2 amide bonds. The molecule has 0 aliphatic heterocycles. The van der Waals surface area contributed by atoms with Crippen LogP contribution >= 0.6 is 35.0 Å². The van der Waals surface area contributed by atoms with E-state index in [4.69, 9.17) is 27.6 Å². The first-order valence-corrected chi connectivity index (χ1v) is 13.2. The molecular weight excluding hydrogens is 543 g/mol. The third-order valence-corrected chi connectivity index (χ3v) is 6.95. The minimum atomic E-state index is -0.599. The standard InChI is InChI=1S/C28H20Cl2N4O3S/c1-16-6-4-7-17(12-16)15-38-28-31-14-21(30)24(34-28)26(35)33-23-20-10-2-3-11-22(20)37-25(23)27(36)32-19-9-5-8-18(29)13-19/h2-14H,15H2,1H3,(H,32,36)(H,33,35). The first kappa shape index (κ1) is 25.8. The maximum Gasteiger partial charge on any atom is 0.293 e. The Kier molecular flexibility index (Phi) is 7.64. The second kappa shape index (κ2) is 11.3. The van der Waals surface area contributed by atoms with E-state index >= 15 is 0 Å². The number of furan rings is 1. The molecule has 5 aromatic rings. The van der Waals surface area contributed by atoms with Crippen molar-refractivity contribution in [3.8, 4) is 0 Å². The van der Waals surface area contributed by atoms with Crippen LogP contribution in [0.3, 0.4) is 0 Å². The summed E-state index contributed by atoms with van der Waals surface area (Å²) in [5.74, 6) is -0.594. The molecule has 3 aromatic carbocycles. The molecule has 2 aromatic heterocycles. The van der Waals surface area contributed by atoms with Crippen molar-refractivity contribution in [3.63, 3.8) is 0 Å². The van der Waals surface area contributed by atoms with Gasteiger partial charge in [-0.25, -0.2) is 9.97 Å². The van der Waals surface area contributed by atoms with Crippen molar-refractivity contribution in [2.75, 3.05) is 10.6 Å². The number of benzene rings is 3. The number of thioether (sulfide) groups is 1. The van der Waals surface area contributed by atoms with Crippen LogP contribution in [0.5, 0.6) is 0 Å². The molecule has 0 radical (unpaired) electrons. The lowest BCUT2D eigenvalue weighted by molar-refractivity contribution is 0.0999. The first-order valence-electron chi connectivity index (χ1n) is 11.5. The number of carbonyl (C=O) groups excluding carboxylic acids is 2. The van der Waals surface area contributed by atoms with Crippen LogP contribution in [0.2, 0.25) is 10.0 Å². The topological polar surface area (TPSA) is 97.1 Å². The smallest absolute Gasteiger partial charge is 0.293 e. The van der Waals surface area contributed by atoms with Crippen LogP contribution < -0.4 is 10.6 Å². The zero-order valence-electron chi connectivity index (χ0n) is 20.0. The third kappa shape index (κ3) is 5.83. The molecule has 0 atom stereocenters. The van der Waals surface area contributed by atoms with Gasteiger partial charge in [0.05, 0.1) is 11.2 Å². The molecule has 0 spiro atoms. The monoisotopic (exact) mass is 562 g/mol. The Labute approximate surface area is 232 Å². The van der Waals surface area contributed by atoms with E-state index in [-0.39, 0.29) is 22.2 Å². The van der Waals surface area contributed by atoms with Gasteiger partial charge in [-0.2, -0.15) is 0 Å². The van der Waals surface area contributed by atoms with Gasteiger partial charge in [0.2, 0.25) is 5.76 Å². The number of aryl methyl sites for hydroxylation is 1. The molecule has 2 N–H and O–H groups in total. The summed E-state index contributed by atoms with van der Waals surface area (Å²) in [5, 5.41) is 7.02. The fraction of sp³-hybridized carbons (Fsp3) is 0.0714. The largest absolute Gasteiger partial charge is 0.449 e. The van der Waals surface area contributed by atoms with Gasteiger partial charge in [-0.15, -0.1) is 0 Å². The van der Waals surface area contributed by atoms with Gasteiger partial charge in [0.15, 0.2) is 10.9 Å². The lowest BCUT2D eigenvalue weighted by Crippen LogP contribution is -2.18. The molecule has 0 saturated heterocycles. The van der Waals surface area contributed by atoms with Crippen LogP contribution in [0.15, 0.2) is 88.6 Å². The molecule has 0 saturated carbocycles. The predicted molar refractivity (Wildman–Crippen MR) is 151 cm³/mol. The highest BCUT2D eigenvalue weighted by molar-refractivity contribution is 7.98. The highest BCUT2D eigenvalue weighted by Crippen LogP contribution is 2.33. The second-order valence-corrected chi connectivity index (χ2v) is 10.1. The summed E-state index contributed by atoms with van der Waals surface area (Å²) in [6.45, 7) is 2.03. The van der Waals surface area contributed by atoms with Crippen LogP contribution in [0.1, 0.15) is 32.2 Å². The maximum atomic E-state index is 13.3. The Balaban J connectivity index is 1.41. The summed E-state index contributed by atoms with van der Waals surface area (Å²) in [4.78, 5) is 35.1. The lowest BCUT2D eigenvalue weighted by atomic mass is 10.2. The Morgan fingerprint density at radius 2 is 1.76 bits per heavy atom. The van der Waals surface area contributed by atoms with Crippen LogP contribution in [-0.2, 0) is 5.75 Å². The molecule has 7 nitrogen and oxygen atoms in total. The Bertz CT molecular complexity index is 1670. The Hall–Kier alpha value is -3.85. The van der Waals surface area contributed by atoms with Gasteiger partial charge in [-0.3, -0.25) is 9.59 Å². The van der Waals surface area contributed by atoms with Gasteiger partial charge in [-0.1, -0.05) is 83.0 Å². The van der Waals surface area contributed by atoms with Crippen LogP contribution in [-0.4, -0.2) is 21.8 Å². The van der Waals surface area contributed by atoms with Gasteiger partial charge in [0.25, 0.3) is 11.8 Å². The van der Waals surface area contributed by atoms with E-state index in [1.807, 2.05) is 25.1 Å². The number of rotatable bonds is 7. The average Bonchev–Trinajstić information content (AvgIpc) is 3.26. The molecule has 0 bridgehead atoms. The number of para-hydroxylation sites is 1. The van der Waals surface area contributed by atoms with E-state index in [2.05, 4.69) is 26.7 Å². The second-order valence-electron chi connectivity index (χ2n) is 8.35. The van der Waals surface area contributed by atoms with E-state index in [0.29, 0.717) is 32.6 Å². The summed E-state index contributed by atoms with van der Waals surface area (Å²) < 4.78 is 5.82. The summed E-state index contributed by atoms with van der Waals surface area (Å²) in [5.41, 5.74) is 3.37. The van der Waals surface area contributed by atoms with Crippen molar-refractivity contribution in [1.29, 1.82) is 0 Å². The molecule has 0 aliphatic rings. The zero-order valence-corrected chi connectivity index (χ0v) is 22.3. The van der Waals surface area contributed by atoms with Gasteiger partial charge in [0, 0.05) is 21.8 Å². The fourth-order valence-corrected chi connectivity index (χ4v) is 4.91. The number of carbonyl (C=O) groups is 2. The minimum Gasteiger partial charge on any atom is -0.449 e. The number of aromatic nitrogens is 2. The molecule has 10 heteroatoms. The minimum absolute atomic E-state index is 0.0140. The molecule has 38 heavy (non-hydrogen) atoms. The third-order valence-electron chi connectivity index (χ3n) is 5.51. The van der Waals surface area contributed by atoms with E-state index in [1.54, 1.807) is 48.5 Å². The molecule has 0 aliphatic carbocycles. The predicted octanol–water partition coefficient (Wildman–Crippen LogP) is 7.63. The number of nitrogens with one attached hydrogen (secondary N) is 2. The number of halogens is 2. The number of hydrogen-bond donors (Lipinski definition) is 2. The summed E-state index contributed by atoms with van der Waals surface area (Å²) in [6, 6.07) is 21.8. The summed E-state index contributed by atoms with van der Waals surface area (Å²) >= 11 is 13.7. The average molecular weight is 563 g/mol. The number of fused-ring (bicyclic) bond motifs is 1. The lowest BCUT2D eigenvalue weighted by Gasteiger charge is -2.09. The molecular formula is C28H20Cl2N4O3S. The molecule has 0 fully saturated rings. The quantitative estimate of drug-likeness (QED) is 0.156. The molecule has 5 rings (SSSR count). The molecule has 0 unspecified atom stereocenters. The normalized spacial score (nSPS) is 10.9. The van der Waals surface area contributed by atoms with Crippen molar-refractivity contribution in [2.24, 2.45) is 0 Å². The van der Waals surface area contributed by atoms with Crippen molar-refractivity contribution in [1.82, 2.24) is 9.97 Å². The van der Waals surface area contributed by atoms with Gasteiger partial charge >= 0.3 is 0 Å². The van der Waals surface area contributed by atoms with Crippen LogP contribution in [0.25, 0.3) is 11.0 Å². The zero-order chi connectivity index (χ0) is 26.6. The van der Waals surface area contributed by atoms with Crippen molar-refractivity contribution in [2.45, 2.75) is 17.8 Å². The van der Waals surface area contributed by atoms with Crippen LogP contribution in [0.4, 0.5) is 11.4 Å².